The molecule has 9 heteroatoms. The number of amides is 2. The number of rotatable bonds is 12. The van der Waals surface area contributed by atoms with Gasteiger partial charge in [-0.25, -0.2) is 8.42 Å². The van der Waals surface area contributed by atoms with E-state index in [1.54, 1.807) is 54.6 Å². The lowest BCUT2D eigenvalue weighted by Crippen LogP contribution is -2.53. The van der Waals surface area contributed by atoms with Gasteiger partial charge in [0.25, 0.3) is 10.0 Å². The second-order valence-electron chi connectivity index (χ2n) is 10.3. The number of hydrogen-bond acceptors (Lipinski definition) is 4. The van der Waals surface area contributed by atoms with Crippen LogP contribution in [0.15, 0.2) is 83.8 Å². The summed E-state index contributed by atoms with van der Waals surface area (Å²) in [6.45, 7) is 9.18. The van der Waals surface area contributed by atoms with Crippen LogP contribution in [0.3, 0.4) is 0 Å². The Morgan fingerprint density at radius 2 is 1.48 bits per heavy atom. The van der Waals surface area contributed by atoms with Crippen LogP contribution in [-0.2, 0) is 26.2 Å². The summed E-state index contributed by atoms with van der Waals surface area (Å²) < 4.78 is 28.9. The summed E-state index contributed by atoms with van der Waals surface area (Å²) >= 11 is 6.43. The van der Waals surface area contributed by atoms with Crippen LogP contribution in [0.25, 0.3) is 0 Å². The second-order valence-corrected chi connectivity index (χ2v) is 12.5. The van der Waals surface area contributed by atoms with Gasteiger partial charge in [-0.05, 0) is 67.6 Å². The van der Waals surface area contributed by atoms with Crippen molar-refractivity contribution < 1.29 is 18.0 Å². The molecule has 0 aliphatic rings. The molecule has 1 unspecified atom stereocenters. The number of nitrogens with zero attached hydrogens (tertiary/aromatic N) is 2. The molecule has 0 aliphatic carbocycles. The summed E-state index contributed by atoms with van der Waals surface area (Å²) in [5, 5.41) is 3.35. The highest BCUT2D eigenvalue weighted by Crippen LogP contribution is 2.27. The van der Waals surface area contributed by atoms with Gasteiger partial charge in [0.05, 0.1) is 10.6 Å². The SMILES string of the molecule is CCC(C(=O)NC(C)C)N(Cc1ccccc1Cl)C(=O)CN(c1ccc(C(C)C)cc1)S(=O)(=O)c1ccccc1. The Morgan fingerprint density at radius 3 is 2.02 bits per heavy atom. The largest absolute Gasteiger partial charge is 0.352 e. The van der Waals surface area contributed by atoms with Gasteiger partial charge in [0.15, 0.2) is 0 Å². The molecule has 0 radical (unpaired) electrons. The molecule has 3 rings (SSSR count). The first kappa shape index (κ1) is 31.2. The van der Waals surface area contributed by atoms with Crippen LogP contribution < -0.4 is 9.62 Å². The number of hydrogen-bond donors (Lipinski definition) is 1. The van der Waals surface area contributed by atoms with Crippen molar-refractivity contribution in [3.63, 3.8) is 0 Å². The zero-order chi connectivity index (χ0) is 29.4. The van der Waals surface area contributed by atoms with Crippen molar-refractivity contribution in [2.75, 3.05) is 10.8 Å². The Hall–Kier alpha value is -3.36. The molecule has 3 aromatic carbocycles. The van der Waals surface area contributed by atoms with E-state index in [4.69, 9.17) is 11.6 Å². The fourth-order valence-corrected chi connectivity index (χ4v) is 6.01. The average molecular weight is 584 g/mol. The number of nitrogens with one attached hydrogen (secondary N) is 1. The third kappa shape index (κ3) is 7.64. The van der Waals surface area contributed by atoms with Crippen molar-refractivity contribution in [2.24, 2.45) is 0 Å². The molecule has 7 nitrogen and oxygen atoms in total. The number of carbonyl (C=O) groups is 2. The van der Waals surface area contributed by atoms with Crippen LogP contribution in [0.5, 0.6) is 0 Å². The summed E-state index contributed by atoms with van der Waals surface area (Å²) in [4.78, 5) is 28.8. The molecule has 0 saturated carbocycles. The molecule has 2 amide bonds. The minimum atomic E-state index is -4.11. The zero-order valence-corrected chi connectivity index (χ0v) is 25.2. The van der Waals surface area contributed by atoms with E-state index < -0.39 is 28.5 Å². The van der Waals surface area contributed by atoms with Gasteiger partial charge in [0.2, 0.25) is 11.8 Å². The molecule has 0 fully saturated rings. The van der Waals surface area contributed by atoms with E-state index in [1.165, 1.54) is 17.0 Å². The fourth-order valence-electron chi connectivity index (χ4n) is 4.38. The van der Waals surface area contributed by atoms with Crippen LogP contribution in [0.4, 0.5) is 5.69 Å². The van der Waals surface area contributed by atoms with E-state index >= 15 is 0 Å². The maximum absolute atomic E-state index is 14.1. The van der Waals surface area contributed by atoms with Gasteiger partial charge in [-0.1, -0.05) is 80.9 Å². The minimum Gasteiger partial charge on any atom is -0.352 e. The molecule has 1 atom stereocenters. The Bertz CT molecular complexity index is 1390. The first-order valence-corrected chi connectivity index (χ1v) is 15.3. The quantitative estimate of drug-likeness (QED) is 0.284. The molecule has 40 heavy (non-hydrogen) atoms. The summed E-state index contributed by atoms with van der Waals surface area (Å²) in [6, 6.07) is 21.3. The van der Waals surface area contributed by atoms with Crippen molar-refractivity contribution >= 4 is 39.1 Å². The van der Waals surface area contributed by atoms with Crippen molar-refractivity contribution in [3.8, 4) is 0 Å². The van der Waals surface area contributed by atoms with E-state index in [0.29, 0.717) is 22.7 Å². The number of halogens is 1. The smallest absolute Gasteiger partial charge is 0.264 e. The Kier molecular flexibility index (Phi) is 10.8. The van der Waals surface area contributed by atoms with Crippen molar-refractivity contribution in [3.05, 3.63) is 95.0 Å². The second kappa shape index (κ2) is 13.8. The van der Waals surface area contributed by atoms with E-state index in [9.17, 15) is 18.0 Å². The summed E-state index contributed by atoms with van der Waals surface area (Å²) in [6.07, 6.45) is 0.337. The highest BCUT2D eigenvalue weighted by atomic mass is 35.5. The van der Waals surface area contributed by atoms with Gasteiger partial charge in [0, 0.05) is 17.6 Å². The van der Waals surface area contributed by atoms with Gasteiger partial charge >= 0.3 is 0 Å². The Labute approximate surface area is 243 Å². The molecule has 0 bridgehead atoms. The molecule has 3 aromatic rings. The molecule has 1 N–H and O–H groups in total. The first-order valence-electron chi connectivity index (χ1n) is 13.5. The lowest BCUT2D eigenvalue weighted by Gasteiger charge is -2.33. The van der Waals surface area contributed by atoms with Crippen molar-refractivity contribution in [2.45, 2.75) is 70.5 Å². The number of anilines is 1. The predicted molar refractivity (Wildman–Crippen MR) is 161 cm³/mol. The van der Waals surface area contributed by atoms with Crippen LogP contribution in [-0.4, -0.2) is 43.8 Å². The van der Waals surface area contributed by atoms with Gasteiger partial charge in [-0.2, -0.15) is 0 Å². The zero-order valence-electron chi connectivity index (χ0n) is 23.7. The predicted octanol–water partition coefficient (Wildman–Crippen LogP) is 5.99. The maximum Gasteiger partial charge on any atom is 0.264 e. The normalized spacial score (nSPS) is 12.3. The maximum atomic E-state index is 14.1. The minimum absolute atomic E-state index is 0.0496. The van der Waals surface area contributed by atoms with E-state index in [1.807, 2.05) is 32.9 Å². The van der Waals surface area contributed by atoms with Gasteiger partial charge in [-0.15, -0.1) is 0 Å². The molecular formula is C31H38ClN3O4S. The molecular weight excluding hydrogens is 546 g/mol. The third-order valence-corrected chi connectivity index (χ3v) is 8.73. The van der Waals surface area contributed by atoms with Gasteiger partial charge in [0.1, 0.15) is 12.6 Å². The number of carbonyl (C=O) groups excluding carboxylic acids is 2. The van der Waals surface area contributed by atoms with Crippen molar-refractivity contribution in [1.82, 2.24) is 10.2 Å². The molecule has 0 heterocycles. The monoisotopic (exact) mass is 583 g/mol. The standard InChI is InChI=1S/C31H38ClN3O4S/c1-6-29(31(37)33-23(4)5)34(20-25-12-10-11-15-28(25)32)30(36)21-35(26-18-16-24(17-19-26)22(2)3)40(38,39)27-13-8-7-9-14-27/h7-19,22-23,29H,6,20-21H2,1-5H3,(H,33,37). The van der Waals surface area contributed by atoms with Gasteiger partial charge < -0.3 is 10.2 Å². The van der Waals surface area contributed by atoms with Crippen LogP contribution in [0, 0.1) is 0 Å². The Balaban J connectivity index is 2.07. The molecule has 0 aromatic heterocycles. The Morgan fingerprint density at radius 1 is 0.875 bits per heavy atom. The van der Waals surface area contributed by atoms with Crippen LogP contribution in [0.1, 0.15) is 58.1 Å². The highest BCUT2D eigenvalue weighted by Gasteiger charge is 2.34. The molecule has 0 spiro atoms. The molecule has 0 aliphatic heterocycles. The highest BCUT2D eigenvalue weighted by molar-refractivity contribution is 7.92. The van der Waals surface area contributed by atoms with E-state index in [0.717, 1.165) is 9.87 Å². The van der Waals surface area contributed by atoms with Crippen LogP contribution in [0.2, 0.25) is 5.02 Å². The average Bonchev–Trinajstić information content (AvgIpc) is 2.92. The van der Waals surface area contributed by atoms with Gasteiger partial charge in [-0.3, -0.25) is 13.9 Å². The third-order valence-electron chi connectivity index (χ3n) is 6.57. The summed E-state index contributed by atoms with van der Waals surface area (Å²) in [5.41, 5.74) is 2.06. The summed E-state index contributed by atoms with van der Waals surface area (Å²) in [7, 11) is -4.11. The lowest BCUT2D eigenvalue weighted by molar-refractivity contribution is -0.140. The summed E-state index contributed by atoms with van der Waals surface area (Å²) in [5.74, 6) is -0.569. The number of benzene rings is 3. The fraction of sp³-hybridized carbons (Fsp3) is 0.355. The lowest BCUT2D eigenvalue weighted by atomic mass is 10.0. The van der Waals surface area contributed by atoms with Crippen molar-refractivity contribution in [1.29, 1.82) is 0 Å². The van der Waals surface area contributed by atoms with Crippen LogP contribution >= 0.6 is 11.6 Å². The molecule has 0 saturated heterocycles. The number of sulfonamides is 1. The van der Waals surface area contributed by atoms with E-state index in [2.05, 4.69) is 19.2 Å². The first-order chi connectivity index (χ1) is 18.9. The van der Waals surface area contributed by atoms with E-state index in [-0.39, 0.29) is 29.3 Å². The molecule has 214 valence electrons. The topological polar surface area (TPSA) is 86.8 Å².